The number of fused-ring (bicyclic) bond motifs is 3. The number of hydrogen-bond donors (Lipinski definition) is 2. The molecule has 0 spiro atoms. The van der Waals surface area contributed by atoms with Crippen molar-refractivity contribution in [3.63, 3.8) is 0 Å². The lowest BCUT2D eigenvalue weighted by molar-refractivity contribution is -0.115. The first-order valence-corrected chi connectivity index (χ1v) is 12.2. The van der Waals surface area contributed by atoms with E-state index in [0.717, 1.165) is 35.0 Å². The number of hydrogen-bond acceptors (Lipinski definition) is 5. The Hall–Kier alpha value is -1.83. The summed E-state index contributed by atoms with van der Waals surface area (Å²) in [5.41, 5.74) is 2.71. The van der Waals surface area contributed by atoms with Gasteiger partial charge in [0.1, 0.15) is 4.83 Å². The number of aromatic amines is 1. The summed E-state index contributed by atoms with van der Waals surface area (Å²) in [6.07, 6.45) is 3.66. The van der Waals surface area contributed by atoms with Crippen molar-refractivity contribution >= 4 is 56.5 Å². The lowest BCUT2D eigenvalue weighted by Crippen LogP contribution is -2.25. The number of anilines is 1. The molecule has 2 N–H and O–H groups in total. The number of aryl methyl sites for hydroxylation is 2. The molecule has 0 fully saturated rings. The maximum atomic E-state index is 12.9. The summed E-state index contributed by atoms with van der Waals surface area (Å²) in [7, 11) is 0. The van der Waals surface area contributed by atoms with Crippen LogP contribution in [0, 0.1) is 12.8 Å². The van der Waals surface area contributed by atoms with Crippen molar-refractivity contribution in [2.45, 2.75) is 56.9 Å². The second-order valence-electron chi connectivity index (χ2n) is 7.87. The van der Waals surface area contributed by atoms with Crippen molar-refractivity contribution in [2.75, 3.05) is 5.32 Å². The minimum atomic E-state index is -0.376. The number of carbonyl (C=O) groups is 1. The molecule has 2 atom stereocenters. The van der Waals surface area contributed by atoms with Crippen LogP contribution in [0.3, 0.4) is 0 Å². The molecule has 8 heteroatoms. The Balaban J connectivity index is 1.58. The molecule has 1 amide bonds. The van der Waals surface area contributed by atoms with Crippen LogP contribution in [-0.4, -0.2) is 21.1 Å². The number of thioether (sulfide) groups is 1. The molecular formula is C22H24ClN3O2S2. The van der Waals surface area contributed by atoms with Gasteiger partial charge in [-0.25, -0.2) is 4.98 Å². The van der Waals surface area contributed by atoms with Crippen LogP contribution in [0.1, 0.15) is 42.7 Å². The van der Waals surface area contributed by atoms with E-state index in [0.29, 0.717) is 28.2 Å². The van der Waals surface area contributed by atoms with Crippen molar-refractivity contribution in [3.8, 4) is 0 Å². The zero-order valence-electron chi connectivity index (χ0n) is 17.2. The highest BCUT2D eigenvalue weighted by atomic mass is 35.5. The Morgan fingerprint density at radius 1 is 1.47 bits per heavy atom. The summed E-state index contributed by atoms with van der Waals surface area (Å²) >= 11 is 8.98. The lowest BCUT2D eigenvalue weighted by atomic mass is 9.89. The SMILES string of the molecule is CCC(Sc1nc2sc3c(c2c(=O)[nH]1)CCC(C)C3)C(=O)Nc1cc(Cl)ccc1C. The summed E-state index contributed by atoms with van der Waals surface area (Å²) in [5, 5.41) is 4.38. The molecule has 0 saturated carbocycles. The third-order valence-corrected chi connectivity index (χ3v) is 8.15. The van der Waals surface area contributed by atoms with Gasteiger partial charge in [-0.15, -0.1) is 11.3 Å². The minimum Gasteiger partial charge on any atom is -0.325 e. The van der Waals surface area contributed by atoms with Gasteiger partial charge in [0.2, 0.25) is 5.91 Å². The quantitative estimate of drug-likeness (QED) is 0.384. The molecule has 30 heavy (non-hydrogen) atoms. The molecule has 3 aromatic rings. The van der Waals surface area contributed by atoms with Crippen LogP contribution in [0.25, 0.3) is 10.2 Å². The zero-order valence-corrected chi connectivity index (χ0v) is 19.6. The van der Waals surface area contributed by atoms with E-state index in [-0.39, 0.29) is 16.7 Å². The van der Waals surface area contributed by atoms with Gasteiger partial charge in [0.15, 0.2) is 5.16 Å². The van der Waals surface area contributed by atoms with Crippen LogP contribution in [0.5, 0.6) is 0 Å². The maximum Gasteiger partial charge on any atom is 0.260 e. The highest BCUT2D eigenvalue weighted by molar-refractivity contribution is 8.00. The number of amides is 1. The van der Waals surface area contributed by atoms with Crippen molar-refractivity contribution in [2.24, 2.45) is 5.92 Å². The van der Waals surface area contributed by atoms with Crippen LogP contribution >= 0.6 is 34.7 Å². The Morgan fingerprint density at radius 2 is 2.27 bits per heavy atom. The van der Waals surface area contributed by atoms with Gasteiger partial charge in [-0.05, 0) is 61.8 Å². The van der Waals surface area contributed by atoms with E-state index in [2.05, 4.69) is 17.2 Å². The van der Waals surface area contributed by atoms with Gasteiger partial charge in [-0.3, -0.25) is 9.59 Å². The molecule has 0 aliphatic heterocycles. The molecule has 2 unspecified atom stereocenters. The van der Waals surface area contributed by atoms with E-state index < -0.39 is 0 Å². The first kappa shape index (κ1) is 21.4. The summed E-state index contributed by atoms with van der Waals surface area (Å²) in [6.45, 7) is 6.12. The van der Waals surface area contributed by atoms with Gasteiger partial charge >= 0.3 is 0 Å². The van der Waals surface area contributed by atoms with Gasteiger partial charge in [0.25, 0.3) is 5.56 Å². The molecule has 0 saturated heterocycles. The first-order valence-electron chi connectivity index (χ1n) is 10.1. The third-order valence-electron chi connectivity index (χ3n) is 5.52. The Labute approximate surface area is 188 Å². The van der Waals surface area contributed by atoms with Crippen molar-refractivity contribution in [3.05, 3.63) is 49.6 Å². The van der Waals surface area contributed by atoms with Crippen LogP contribution in [0.4, 0.5) is 5.69 Å². The van der Waals surface area contributed by atoms with Gasteiger partial charge in [0.05, 0.1) is 10.6 Å². The van der Waals surface area contributed by atoms with E-state index in [1.54, 1.807) is 23.5 Å². The highest BCUT2D eigenvalue weighted by Gasteiger charge is 2.25. The summed E-state index contributed by atoms with van der Waals surface area (Å²) in [5.74, 6) is 0.511. The van der Waals surface area contributed by atoms with Crippen LogP contribution < -0.4 is 10.9 Å². The number of H-pyrrole nitrogens is 1. The van der Waals surface area contributed by atoms with Gasteiger partial charge < -0.3 is 10.3 Å². The molecule has 5 nitrogen and oxygen atoms in total. The molecule has 158 valence electrons. The van der Waals surface area contributed by atoms with Crippen molar-refractivity contribution < 1.29 is 4.79 Å². The normalized spacial score (nSPS) is 17.0. The predicted octanol–water partition coefficient (Wildman–Crippen LogP) is 5.58. The third kappa shape index (κ3) is 4.29. The zero-order chi connectivity index (χ0) is 21.4. The second kappa shape index (κ2) is 8.73. The number of halogens is 1. The highest BCUT2D eigenvalue weighted by Crippen LogP contribution is 2.36. The minimum absolute atomic E-state index is 0.101. The number of nitrogens with one attached hydrogen (secondary N) is 2. The van der Waals surface area contributed by atoms with Gasteiger partial charge in [-0.2, -0.15) is 0 Å². The predicted molar refractivity (Wildman–Crippen MR) is 126 cm³/mol. The largest absolute Gasteiger partial charge is 0.325 e. The van der Waals surface area contributed by atoms with Crippen LogP contribution in [0.2, 0.25) is 5.02 Å². The average Bonchev–Trinajstić information content (AvgIpc) is 3.06. The first-order chi connectivity index (χ1) is 14.4. The second-order valence-corrected chi connectivity index (χ2v) is 10.6. The summed E-state index contributed by atoms with van der Waals surface area (Å²) < 4.78 is 0. The van der Waals surface area contributed by atoms with Gasteiger partial charge in [-0.1, -0.05) is 43.3 Å². The molecular weight excluding hydrogens is 438 g/mol. The molecule has 1 aromatic carbocycles. The number of nitrogens with zero attached hydrogens (tertiary/aromatic N) is 1. The van der Waals surface area contributed by atoms with E-state index >= 15 is 0 Å². The van der Waals surface area contributed by atoms with Crippen LogP contribution in [0.15, 0.2) is 28.2 Å². The van der Waals surface area contributed by atoms with Crippen LogP contribution in [-0.2, 0) is 17.6 Å². The molecule has 0 bridgehead atoms. The summed E-state index contributed by atoms with van der Waals surface area (Å²) in [4.78, 5) is 35.3. The molecule has 4 rings (SSSR count). The molecule has 2 aromatic heterocycles. The molecule has 0 radical (unpaired) electrons. The number of rotatable bonds is 5. The molecule has 1 aliphatic carbocycles. The van der Waals surface area contributed by atoms with Crippen molar-refractivity contribution in [1.82, 2.24) is 9.97 Å². The Bertz CT molecular complexity index is 1170. The van der Waals surface area contributed by atoms with E-state index in [9.17, 15) is 9.59 Å². The van der Waals surface area contributed by atoms with E-state index in [4.69, 9.17) is 16.6 Å². The number of aromatic nitrogens is 2. The average molecular weight is 462 g/mol. The van der Waals surface area contributed by atoms with Gasteiger partial charge in [0, 0.05) is 15.6 Å². The lowest BCUT2D eigenvalue weighted by Gasteiger charge is -2.17. The Morgan fingerprint density at radius 3 is 3.03 bits per heavy atom. The fourth-order valence-electron chi connectivity index (χ4n) is 3.78. The fraction of sp³-hybridized carbons (Fsp3) is 0.409. The van der Waals surface area contributed by atoms with E-state index in [1.165, 1.54) is 22.2 Å². The number of benzene rings is 1. The number of carbonyl (C=O) groups excluding carboxylic acids is 1. The van der Waals surface area contributed by atoms with E-state index in [1.807, 2.05) is 19.9 Å². The molecule has 2 heterocycles. The summed E-state index contributed by atoms with van der Waals surface area (Å²) in [6, 6.07) is 5.41. The molecule has 1 aliphatic rings. The number of thiophene rings is 1. The fourth-order valence-corrected chi connectivity index (χ4v) is 6.30. The maximum absolute atomic E-state index is 12.9. The monoisotopic (exact) mass is 461 g/mol. The smallest absolute Gasteiger partial charge is 0.260 e. The van der Waals surface area contributed by atoms with Crippen molar-refractivity contribution in [1.29, 1.82) is 0 Å². The Kier molecular flexibility index (Phi) is 6.23. The standard InChI is InChI=1S/C22H24ClN3O2S2/c1-4-16(19(27)24-15-10-13(23)7-6-12(15)3)30-22-25-20(28)18-14-8-5-11(2)9-17(14)29-21(18)26-22/h6-7,10-11,16H,4-5,8-9H2,1-3H3,(H,24,27)(H,25,26,28). The topological polar surface area (TPSA) is 74.8 Å².